The number of nitrogens with zero attached hydrogens (tertiary/aromatic N) is 6. The van der Waals surface area contributed by atoms with Crippen LogP contribution in [0.2, 0.25) is 0 Å². The molecule has 148 valence electrons. The Hall–Kier alpha value is -2.46. The number of hydrogen-bond acceptors (Lipinski definition) is 8. The van der Waals surface area contributed by atoms with Crippen molar-refractivity contribution < 1.29 is 14.1 Å². The number of hydrogen-bond donors (Lipinski definition) is 0. The zero-order chi connectivity index (χ0) is 19.7. The van der Waals surface area contributed by atoms with E-state index in [9.17, 15) is 4.79 Å². The maximum absolute atomic E-state index is 12.8. The maximum Gasteiger partial charge on any atom is 0.209 e. The Balaban J connectivity index is 1.46. The Kier molecular flexibility index (Phi) is 5.31. The Morgan fingerprint density at radius 3 is 2.89 bits per heavy atom. The Morgan fingerprint density at radius 2 is 2.18 bits per heavy atom. The number of aryl methyl sites for hydroxylation is 2. The lowest BCUT2D eigenvalue weighted by Crippen LogP contribution is -2.17. The number of rotatable bonds is 7. The topological polar surface area (TPSA) is 101 Å². The van der Waals surface area contributed by atoms with E-state index in [0.717, 1.165) is 36.6 Å². The normalized spacial score (nSPS) is 16.8. The summed E-state index contributed by atoms with van der Waals surface area (Å²) in [4.78, 5) is 12.8. The Labute approximate surface area is 166 Å². The predicted molar refractivity (Wildman–Crippen MR) is 102 cm³/mol. The smallest absolute Gasteiger partial charge is 0.209 e. The molecule has 0 aromatic carbocycles. The molecule has 1 aliphatic heterocycles. The average Bonchev–Trinajstić information content (AvgIpc) is 3.44. The fourth-order valence-corrected chi connectivity index (χ4v) is 4.23. The van der Waals surface area contributed by atoms with Gasteiger partial charge < -0.3 is 9.26 Å². The van der Waals surface area contributed by atoms with Gasteiger partial charge in [-0.2, -0.15) is 0 Å². The van der Waals surface area contributed by atoms with Gasteiger partial charge in [0.1, 0.15) is 5.76 Å². The maximum atomic E-state index is 12.8. The van der Waals surface area contributed by atoms with Gasteiger partial charge in [-0.15, -0.1) is 5.10 Å². The number of ether oxygens (including phenoxy) is 1. The highest BCUT2D eigenvalue weighted by Crippen LogP contribution is 2.24. The zero-order valence-electron chi connectivity index (χ0n) is 16.1. The summed E-state index contributed by atoms with van der Waals surface area (Å²) in [6.07, 6.45) is 2.22. The van der Waals surface area contributed by atoms with Crippen LogP contribution in [0.1, 0.15) is 40.3 Å². The molecule has 0 amide bonds. The summed E-state index contributed by atoms with van der Waals surface area (Å²) < 4.78 is 14.5. The van der Waals surface area contributed by atoms with Gasteiger partial charge in [-0.05, 0) is 50.1 Å². The molecular formula is C18H22N6O3S. The van der Waals surface area contributed by atoms with Gasteiger partial charge in [0, 0.05) is 29.6 Å². The fraction of sp³-hybridized carbons (Fsp3) is 0.500. The third-order valence-electron chi connectivity index (χ3n) is 4.81. The molecule has 1 saturated heterocycles. The summed E-state index contributed by atoms with van der Waals surface area (Å²) >= 11 is 1.34. The van der Waals surface area contributed by atoms with E-state index in [4.69, 9.17) is 9.26 Å². The van der Waals surface area contributed by atoms with Crippen molar-refractivity contribution in [3.63, 3.8) is 0 Å². The largest absolute Gasteiger partial charge is 0.376 e. The molecule has 1 aliphatic rings. The van der Waals surface area contributed by atoms with Crippen molar-refractivity contribution >= 4 is 17.5 Å². The standard InChI is InChI=1S/C18H22N6O3S/c1-11-7-15(13(3)24(11)17-8-12(2)27-20-17)16(25)10-28-18-19-21-22-23(18)9-14-5-4-6-26-14/h7-8,14H,4-6,9-10H2,1-3H3/t14-/m1/s1. The molecule has 0 saturated carbocycles. The number of thioether (sulfide) groups is 1. The first-order valence-corrected chi connectivity index (χ1v) is 10.2. The SMILES string of the molecule is Cc1cc(-n2c(C)cc(C(=O)CSc3nnnn3C[C@H]3CCCO3)c2C)no1. The third kappa shape index (κ3) is 3.74. The van der Waals surface area contributed by atoms with Crippen LogP contribution in [-0.2, 0) is 11.3 Å². The van der Waals surface area contributed by atoms with Gasteiger partial charge >= 0.3 is 0 Å². The third-order valence-corrected chi connectivity index (χ3v) is 5.77. The molecule has 3 aromatic rings. The monoisotopic (exact) mass is 402 g/mol. The highest BCUT2D eigenvalue weighted by atomic mass is 32.2. The lowest BCUT2D eigenvalue weighted by Gasteiger charge is -2.09. The zero-order valence-corrected chi connectivity index (χ0v) is 16.9. The molecule has 3 aromatic heterocycles. The van der Waals surface area contributed by atoms with Crippen LogP contribution in [0.5, 0.6) is 0 Å². The first kappa shape index (κ1) is 18.9. The van der Waals surface area contributed by atoms with Crippen molar-refractivity contribution in [3.05, 3.63) is 34.8 Å². The Bertz CT molecular complexity index is 986. The first-order valence-electron chi connectivity index (χ1n) is 9.19. The quantitative estimate of drug-likeness (QED) is 0.439. The van der Waals surface area contributed by atoms with Crippen molar-refractivity contribution in [3.8, 4) is 5.82 Å². The van der Waals surface area contributed by atoms with E-state index >= 15 is 0 Å². The second kappa shape index (κ2) is 7.88. The summed E-state index contributed by atoms with van der Waals surface area (Å²) in [6, 6.07) is 3.74. The van der Waals surface area contributed by atoms with Gasteiger partial charge in [0.2, 0.25) is 5.16 Å². The molecule has 9 nitrogen and oxygen atoms in total. The first-order chi connectivity index (χ1) is 13.5. The number of ketones is 1. The van der Waals surface area contributed by atoms with Crippen LogP contribution in [-0.4, -0.2) is 54.2 Å². The lowest BCUT2D eigenvalue weighted by molar-refractivity contribution is 0.0912. The molecule has 0 radical (unpaired) electrons. The minimum atomic E-state index is 0.0243. The number of carbonyl (C=O) groups excluding carboxylic acids is 1. The van der Waals surface area contributed by atoms with Crippen LogP contribution >= 0.6 is 11.8 Å². The molecule has 0 bridgehead atoms. The van der Waals surface area contributed by atoms with Gasteiger partial charge in [-0.3, -0.25) is 9.36 Å². The number of tetrazole rings is 1. The van der Waals surface area contributed by atoms with Crippen molar-refractivity contribution in [2.75, 3.05) is 12.4 Å². The van der Waals surface area contributed by atoms with Gasteiger partial charge in [-0.25, -0.2) is 4.68 Å². The summed E-state index contributed by atoms with van der Waals surface area (Å²) in [7, 11) is 0. The molecule has 0 aliphatic carbocycles. The van der Waals surface area contributed by atoms with Gasteiger partial charge in [0.25, 0.3) is 0 Å². The number of carbonyl (C=O) groups is 1. The molecule has 4 rings (SSSR count). The van der Waals surface area contributed by atoms with Crippen LogP contribution in [0.15, 0.2) is 21.8 Å². The van der Waals surface area contributed by atoms with Crippen LogP contribution in [0, 0.1) is 20.8 Å². The van der Waals surface area contributed by atoms with E-state index in [1.165, 1.54) is 11.8 Å². The van der Waals surface area contributed by atoms with Crippen molar-refractivity contribution in [1.82, 2.24) is 29.9 Å². The molecule has 0 spiro atoms. The van der Waals surface area contributed by atoms with Crippen LogP contribution in [0.3, 0.4) is 0 Å². The van der Waals surface area contributed by atoms with Gasteiger partial charge in [0.05, 0.1) is 18.4 Å². The van der Waals surface area contributed by atoms with Gasteiger partial charge in [0.15, 0.2) is 11.6 Å². The molecular weight excluding hydrogens is 380 g/mol. The van der Waals surface area contributed by atoms with Gasteiger partial charge in [-0.1, -0.05) is 16.9 Å². The minimum absolute atomic E-state index is 0.0243. The Morgan fingerprint density at radius 1 is 1.32 bits per heavy atom. The predicted octanol–water partition coefficient (Wildman–Crippen LogP) is 2.53. The van der Waals surface area contributed by atoms with Crippen LogP contribution in [0.25, 0.3) is 5.82 Å². The van der Waals surface area contributed by atoms with E-state index in [-0.39, 0.29) is 17.6 Å². The summed E-state index contributed by atoms with van der Waals surface area (Å²) in [5, 5.41) is 16.5. The molecule has 0 N–H and O–H groups in total. The van der Waals surface area contributed by atoms with E-state index in [1.807, 2.05) is 37.5 Å². The second-order valence-electron chi connectivity index (χ2n) is 6.91. The van der Waals surface area contributed by atoms with E-state index in [0.29, 0.717) is 23.1 Å². The fourth-order valence-electron chi connectivity index (χ4n) is 3.46. The van der Waals surface area contributed by atoms with Crippen LogP contribution in [0.4, 0.5) is 0 Å². The van der Waals surface area contributed by atoms with Crippen molar-refractivity contribution in [2.45, 2.75) is 51.4 Å². The minimum Gasteiger partial charge on any atom is -0.376 e. The molecule has 1 atom stereocenters. The second-order valence-corrected chi connectivity index (χ2v) is 7.85. The van der Waals surface area contributed by atoms with E-state index in [1.54, 1.807) is 4.68 Å². The molecule has 0 unspecified atom stereocenters. The molecule has 10 heteroatoms. The molecule has 4 heterocycles. The number of Topliss-reactive ketones (excluding diaryl/α,β-unsaturated/α-hetero) is 1. The molecule has 1 fully saturated rings. The van der Waals surface area contributed by atoms with Crippen molar-refractivity contribution in [2.24, 2.45) is 0 Å². The molecule has 28 heavy (non-hydrogen) atoms. The lowest BCUT2D eigenvalue weighted by atomic mass is 10.2. The van der Waals surface area contributed by atoms with Crippen molar-refractivity contribution in [1.29, 1.82) is 0 Å². The highest BCUT2D eigenvalue weighted by molar-refractivity contribution is 7.99. The number of aromatic nitrogens is 6. The van der Waals surface area contributed by atoms with Crippen LogP contribution < -0.4 is 0 Å². The summed E-state index contributed by atoms with van der Waals surface area (Å²) in [6.45, 7) is 7.10. The van der Waals surface area contributed by atoms with E-state index in [2.05, 4.69) is 20.7 Å². The summed E-state index contributed by atoms with van der Waals surface area (Å²) in [5.41, 5.74) is 2.45. The van der Waals surface area contributed by atoms with E-state index < -0.39 is 0 Å². The summed E-state index contributed by atoms with van der Waals surface area (Å²) in [5.74, 6) is 1.69. The average molecular weight is 402 g/mol. The highest BCUT2D eigenvalue weighted by Gasteiger charge is 2.21.